The van der Waals surface area contributed by atoms with Gasteiger partial charge in [-0.15, -0.1) is 11.8 Å². The number of hydrazine groups is 1. The van der Waals surface area contributed by atoms with E-state index in [-0.39, 0.29) is 6.04 Å². The van der Waals surface area contributed by atoms with Crippen molar-refractivity contribution >= 4 is 15.9 Å². The van der Waals surface area contributed by atoms with E-state index >= 15 is 0 Å². The lowest BCUT2D eigenvalue weighted by molar-refractivity contribution is 0.521. The van der Waals surface area contributed by atoms with Crippen molar-refractivity contribution in [3.8, 4) is 11.8 Å². The monoisotopic (exact) mass is 280 g/mol. The van der Waals surface area contributed by atoms with Gasteiger partial charge in [-0.3, -0.25) is 11.3 Å². The molecular weight excluding hydrogens is 264 g/mol. The molecule has 0 aliphatic heterocycles. The van der Waals surface area contributed by atoms with Gasteiger partial charge in [0, 0.05) is 16.9 Å². The lowest BCUT2D eigenvalue weighted by atomic mass is 9.98. The number of aryl methyl sites for hydroxylation is 1. The van der Waals surface area contributed by atoms with Gasteiger partial charge in [-0.2, -0.15) is 0 Å². The third-order valence-electron chi connectivity index (χ3n) is 2.54. The van der Waals surface area contributed by atoms with Gasteiger partial charge in [0.1, 0.15) is 0 Å². The Morgan fingerprint density at radius 2 is 2.25 bits per heavy atom. The van der Waals surface area contributed by atoms with Crippen LogP contribution in [0.1, 0.15) is 36.9 Å². The van der Waals surface area contributed by atoms with Gasteiger partial charge in [0.05, 0.1) is 0 Å². The summed E-state index contributed by atoms with van der Waals surface area (Å²) in [7, 11) is 0. The molecule has 0 fully saturated rings. The van der Waals surface area contributed by atoms with Gasteiger partial charge >= 0.3 is 0 Å². The molecule has 1 atom stereocenters. The van der Waals surface area contributed by atoms with E-state index in [2.05, 4.69) is 52.3 Å². The molecule has 0 aromatic heterocycles. The van der Waals surface area contributed by atoms with E-state index in [1.54, 1.807) is 0 Å². The summed E-state index contributed by atoms with van der Waals surface area (Å²) in [6, 6.07) is 6.42. The molecule has 2 nitrogen and oxygen atoms in total. The summed E-state index contributed by atoms with van der Waals surface area (Å²) in [6.45, 7) is 3.95. The maximum absolute atomic E-state index is 5.58. The molecule has 1 rings (SSSR count). The first-order valence-corrected chi connectivity index (χ1v) is 6.10. The van der Waals surface area contributed by atoms with Crippen LogP contribution >= 0.6 is 15.9 Å². The molecule has 1 aromatic rings. The van der Waals surface area contributed by atoms with Gasteiger partial charge < -0.3 is 0 Å². The minimum absolute atomic E-state index is 0.175. The maximum Gasteiger partial charge on any atom is 0.0471 e. The van der Waals surface area contributed by atoms with Gasteiger partial charge in [-0.25, -0.2) is 0 Å². The van der Waals surface area contributed by atoms with Crippen molar-refractivity contribution in [1.82, 2.24) is 5.43 Å². The molecule has 86 valence electrons. The van der Waals surface area contributed by atoms with Crippen LogP contribution in [0.4, 0.5) is 0 Å². The van der Waals surface area contributed by atoms with Crippen LogP contribution in [-0.4, -0.2) is 0 Å². The quantitative estimate of drug-likeness (QED) is 0.505. The molecule has 1 aromatic carbocycles. The van der Waals surface area contributed by atoms with Crippen LogP contribution in [0.15, 0.2) is 22.7 Å². The highest BCUT2D eigenvalue weighted by molar-refractivity contribution is 9.10. The minimum Gasteiger partial charge on any atom is -0.271 e. The van der Waals surface area contributed by atoms with Gasteiger partial charge in [-0.05, 0) is 43.5 Å². The largest absolute Gasteiger partial charge is 0.271 e. The first-order chi connectivity index (χ1) is 7.69. The molecule has 3 heteroatoms. The van der Waals surface area contributed by atoms with Crippen LogP contribution < -0.4 is 11.3 Å². The van der Waals surface area contributed by atoms with Crippen molar-refractivity contribution in [2.75, 3.05) is 0 Å². The Bertz CT molecular complexity index is 404. The standard InChI is InChI=1S/C13H17BrN2/c1-3-4-5-6-13(16-15)12-8-7-11(14)9-10(12)2/h7-9,13,16H,5-6,15H2,1-2H3. The Morgan fingerprint density at radius 3 is 2.81 bits per heavy atom. The fraction of sp³-hybridized carbons (Fsp3) is 0.385. The van der Waals surface area contributed by atoms with E-state index in [1.807, 2.05) is 13.0 Å². The van der Waals surface area contributed by atoms with Crippen LogP contribution in [0.3, 0.4) is 0 Å². The molecule has 1 unspecified atom stereocenters. The van der Waals surface area contributed by atoms with Gasteiger partial charge in [0.2, 0.25) is 0 Å². The Balaban J connectivity index is 2.80. The third kappa shape index (κ3) is 3.64. The molecule has 0 aliphatic carbocycles. The lowest BCUT2D eigenvalue weighted by Crippen LogP contribution is -2.28. The lowest BCUT2D eigenvalue weighted by Gasteiger charge is -2.17. The van der Waals surface area contributed by atoms with Gasteiger partial charge in [0.15, 0.2) is 0 Å². The van der Waals surface area contributed by atoms with Crippen molar-refractivity contribution < 1.29 is 0 Å². The number of hydrogen-bond acceptors (Lipinski definition) is 2. The van der Waals surface area contributed by atoms with Crippen molar-refractivity contribution in [3.05, 3.63) is 33.8 Å². The second kappa shape index (κ2) is 6.70. The summed E-state index contributed by atoms with van der Waals surface area (Å²) in [6.07, 6.45) is 1.79. The Labute approximate surface area is 106 Å². The van der Waals surface area contributed by atoms with Crippen LogP contribution in [0.25, 0.3) is 0 Å². The van der Waals surface area contributed by atoms with E-state index in [1.165, 1.54) is 11.1 Å². The topological polar surface area (TPSA) is 38.0 Å². The Kier molecular flexibility index (Phi) is 5.54. The van der Waals surface area contributed by atoms with Crippen LogP contribution in [0, 0.1) is 18.8 Å². The molecule has 0 heterocycles. The predicted octanol–water partition coefficient (Wildman–Crippen LogP) is 3.07. The first-order valence-electron chi connectivity index (χ1n) is 5.30. The second-order valence-electron chi connectivity index (χ2n) is 3.69. The van der Waals surface area contributed by atoms with E-state index in [0.717, 1.165) is 17.3 Å². The first kappa shape index (κ1) is 13.2. The Hall–Kier alpha value is -0.820. The molecule has 0 radical (unpaired) electrons. The highest BCUT2D eigenvalue weighted by atomic mass is 79.9. The Morgan fingerprint density at radius 1 is 1.50 bits per heavy atom. The molecule has 0 bridgehead atoms. The molecule has 0 saturated heterocycles. The smallest absolute Gasteiger partial charge is 0.0471 e. The number of halogens is 1. The van der Waals surface area contributed by atoms with Crippen LogP contribution in [0.2, 0.25) is 0 Å². The predicted molar refractivity (Wildman–Crippen MR) is 71.6 cm³/mol. The van der Waals surface area contributed by atoms with Gasteiger partial charge in [-0.1, -0.05) is 22.0 Å². The molecular formula is C13H17BrN2. The number of rotatable bonds is 4. The minimum atomic E-state index is 0.175. The van der Waals surface area contributed by atoms with Crippen molar-refractivity contribution in [3.63, 3.8) is 0 Å². The van der Waals surface area contributed by atoms with Crippen LogP contribution in [0.5, 0.6) is 0 Å². The highest BCUT2D eigenvalue weighted by Gasteiger charge is 2.11. The zero-order valence-corrected chi connectivity index (χ0v) is 11.3. The van der Waals surface area contributed by atoms with Crippen molar-refractivity contribution in [2.24, 2.45) is 5.84 Å². The number of nitrogens with one attached hydrogen (secondary N) is 1. The summed E-state index contributed by atoms with van der Waals surface area (Å²) in [5, 5.41) is 0. The van der Waals surface area contributed by atoms with E-state index in [9.17, 15) is 0 Å². The zero-order valence-electron chi connectivity index (χ0n) is 9.68. The highest BCUT2D eigenvalue weighted by Crippen LogP contribution is 2.24. The SMILES string of the molecule is CC#CCCC(NN)c1ccc(Br)cc1C. The fourth-order valence-corrected chi connectivity index (χ4v) is 2.18. The second-order valence-corrected chi connectivity index (χ2v) is 4.60. The average molecular weight is 281 g/mol. The molecule has 0 spiro atoms. The molecule has 0 saturated carbocycles. The molecule has 16 heavy (non-hydrogen) atoms. The van der Waals surface area contributed by atoms with Crippen molar-refractivity contribution in [2.45, 2.75) is 32.7 Å². The number of benzene rings is 1. The summed E-state index contributed by atoms with van der Waals surface area (Å²) >= 11 is 3.46. The van der Waals surface area contributed by atoms with Gasteiger partial charge in [0.25, 0.3) is 0 Å². The van der Waals surface area contributed by atoms with Crippen LogP contribution in [-0.2, 0) is 0 Å². The molecule has 0 amide bonds. The summed E-state index contributed by atoms with van der Waals surface area (Å²) < 4.78 is 1.10. The average Bonchev–Trinajstić information content (AvgIpc) is 2.26. The summed E-state index contributed by atoms with van der Waals surface area (Å²) in [4.78, 5) is 0. The van der Waals surface area contributed by atoms with E-state index < -0.39 is 0 Å². The summed E-state index contributed by atoms with van der Waals surface area (Å²) in [5.41, 5.74) is 5.33. The van der Waals surface area contributed by atoms with E-state index in [0.29, 0.717) is 0 Å². The fourth-order valence-electron chi connectivity index (χ4n) is 1.70. The third-order valence-corrected chi connectivity index (χ3v) is 3.04. The van der Waals surface area contributed by atoms with E-state index in [4.69, 9.17) is 5.84 Å². The molecule has 0 aliphatic rings. The summed E-state index contributed by atoms with van der Waals surface area (Å²) in [5.74, 6) is 11.5. The maximum atomic E-state index is 5.58. The number of nitrogens with two attached hydrogens (primary N) is 1. The molecule has 3 N–H and O–H groups in total. The number of hydrogen-bond donors (Lipinski definition) is 2. The van der Waals surface area contributed by atoms with Crippen molar-refractivity contribution in [1.29, 1.82) is 0 Å². The zero-order chi connectivity index (χ0) is 12.0. The normalized spacial score (nSPS) is 11.8.